The Morgan fingerprint density at radius 2 is 1.80 bits per heavy atom. The van der Waals surface area contributed by atoms with Crippen LogP contribution in [-0.2, 0) is 0 Å². The first kappa shape index (κ1) is 9.28. The standard InChI is InChI=1S/C7H11N2P/c1-10(2,3)7(6-9)4-5-8/h4H2,1-3H3. The van der Waals surface area contributed by atoms with Gasteiger partial charge in [0.1, 0.15) is 0 Å². The zero-order valence-electron chi connectivity index (χ0n) is 6.55. The fourth-order valence-electron chi connectivity index (χ4n) is 0.502. The van der Waals surface area contributed by atoms with Crippen LogP contribution in [0.15, 0.2) is 0 Å². The number of rotatable bonds is 1. The highest BCUT2D eigenvalue weighted by Gasteiger charge is 2.04. The van der Waals surface area contributed by atoms with E-state index in [0.29, 0.717) is 6.42 Å². The number of nitriles is 2. The zero-order valence-corrected chi connectivity index (χ0v) is 7.44. The molecule has 2 nitrogen and oxygen atoms in total. The maximum Gasteiger partial charge on any atom is 0.0958 e. The molecular formula is C7H11N2P. The first-order chi connectivity index (χ1) is 4.52. The molecule has 0 saturated heterocycles. The van der Waals surface area contributed by atoms with Crippen LogP contribution < -0.4 is 0 Å². The second-order valence-corrected chi connectivity index (χ2v) is 7.47. The van der Waals surface area contributed by atoms with Crippen LogP contribution in [0.3, 0.4) is 0 Å². The molecule has 0 spiro atoms. The molecule has 0 heterocycles. The molecule has 0 N–H and O–H groups in total. The molecule has 0 aromatic heterocycles. The minimum Gasteiger partial charge on any atom is -0.198 e. The summed E-state index contributed by atoms with van der Waals surface area (Å²) < 4.78 is 0. The van der Waals surface area contributed by atoms with Crippen LogP contribution in [0.25, 0.3) is 0 Å². The number of hydrogen-bond donors (Lipinski definition) is 0. The predicted molar refractivity (Wildman–Crippen MR) is 45.5 cm³/mol. The van der Waals surface area contributed by atoms with E-state index in [1.54, 1.807) is 0 Å². The summed E-state index contributed by atoms with van der Waals surface area (Å²) in [5, 5.41) is 17.7. The van der Waals surface area contributed by atoms with Gasteiger partial charge in [0.25, 0.3) is 0 Å². The maximum atomic E-state index is 8.58. The van der Waals surface area contributed by atoms with Gasteiger partial charge in [0.2, 0.25) is 0 Å². The molecule has 0 aromatic carbocycles. The van der Waals surface area contributed by atoms with Gasteiger partial charge in [0.05, 0.1) is 18.6 Å². The van der Waals surface area contributed by atoms with Gasteiger partial charge in [-0.2, -0.15) is 10.5 Å². The fraction of sp³-hybridized carbons (Fsp3) is 0.571. The van der Waals surface area contributed by atoms with Crippen LogP contribution in [-0.4, -0.2) is 25.3 Å². The van der Waals surface area contributed by atoms with E-state index < -0.39 is 6.89 Å². The molecule has 0 aliphatic carbocycles. The molecule has 0 fully saturated rings. The zero-order chi connectivity index (χ0) is 8.20. The Kier molecular flexibility index (Phi) is 3.20. The van der Waals surface area contributed by atoms with Crippen LogP contribution in [0.2, 0.25) is 0 Å². The van der Waals surface area contributed by atoms with Crippen LogP contribution in [0.1, 0.15) is 6.42 Å². The summed E-state index contributed by atoms with van der Waals surface area (Å²) in [6, 6.07) is 4.08. The molecule has 0 rings (SSSR count). The van der Waals surface area contributed by atoms with Gasteiger partial charge < -0.3 is 0 Å². The Bertz CT molecular complexity index is 237. The lowest BCUT2D eigenvalue weighted by molar-refractivity contribution is 1.42. The second kappa shape index (κ2) is 3.45. The summed E-state index contributed by atoms with van der Waals surface area (Å²) in [5.74, 6) is 0. The van der Waals surface area contributed by atoms with Crippen molar-refractivity contribution in [1.29, 1.82) is 10.5 Å². The first-order valence-corrected chi connectivity index (χ1v) is 6.10. The molecule has 54 valence electrons. The maximum absolute atomic E-state index is 8.58. The van der Waals surface area contributed by atoms with Gasteiger partial charge in [-0.1, -0.05) is 6.89 Å². The van der Waals surface area contributed by atoms with Gasteiger partial charge in [-0.15, -0.1) is 0 Å². The Labute approximate surface area is 62.1 Å². The third kappa shape index (κ3) is 2.72. The summed E-state index contributed by atoms with van der Waals surface area (Å²) in [5.41, 5.74) is 0. The topological polar surface area (TPSA) is 47.6 Å². The Morgan fingerprint density at radius 1 is 1.30 bits per heavy atom. The van der Waals surface area contributed by atoms with Crippen molar-refractivity contribution in [3.63, 3.8) is 0 Å². The van der Waals surface area contributed by atoms with Crippen molar-refractivity contribution < 1.29 is 0 Å². The molecule has 0 bridgehead atoms. The SMILES string of the molecule is CP(C)(C)=C(C#N)CC#N. The lowest BCUT2D eigenvalue weighted by Gasteiger charge is -2.07. The Morgan fingerprint density at radius 3 is 1.90 bits per heavy atom. The van der Waals surface area contributed by atoms with E-state index in [2.05, 4.69) is 6.07 Å². The van der Waals surface area contributed by atoms with E-state index >= 15 is 0 Å². The van der Waals surface area contributed by atoms with Crippen molar-refractivity contribution in [2.45, 2.75) is 6.42 Å². The van der Waals surface area contributed by atoms with Crippen molar-refractivity contribution in [2.75, 3.05) is 20.0 Å². The van der Waals surface area contributed by atoms with Crippen LogP contribution >= 0.6 is 6.89 Å². The predicted octanol–water partition coefficient (Wildman–Crippen LogP) is 1.50. The molecule has 0 radical (unpaired) electrons. The van der Waals surface area contributed by atoms with Crippen molar-refractivity contribution in [3.05, 3.63) is 0 Å². The smallest absolute Gasteiger partial charge is 0.0958 e. The van der Waals surface area contributed by atoms with E-state index in [1.165, 1.54) is 0 Å². The summed E-state index contributed by atoms with van der Waals surface area (Å²) in [4.78, 5) is 0. The lowest BCUT2D eigenvalue weighted by Crippen LogP contribution is -1.95. The monoisotopic (exact) mass is 154 g/mol. The molecule has 3 heteroatoms. The highest BCUT2D eigenvalue weighted by atomic mass is 31.2. The molecule has 0 unspecified atom stereocenters. The van der Waals surface area contributed by atoms with E-state index in [4.69, 9.17) is 10.5 Å². The Balaban J connectivity index is 4.75. The van der Waals surface area contributed by atoms with Crippen LogP contribution in [0.4, 0.5) is 0 Å². The molecule has 0 atom stereocenters. The third-order valence-corrected chi connectivity index (χ3v) is 3.06. The molecule has 10 heavy (non-hydrogen) atoms. The number of nitrogens with zero attached hydrogens (tertiary/aromatic N) is 2. The summed E-state index contributed by atoms with van der Waals surface area (Å²) in [7, 11) is 0. The highest BCUT2D eigenvalue weighted by molar-refractivity contribution is 7.74. The van der Waals surface area contributed by atoms with Gasteiger partial charge in [-0.05, 0) is 20.0 Å². The van der Waals surface area contributed by atoms with Crippen LogP contribution in [0.5, 0.6) is 0 Å². The van der Waals surface area contributed by atoms with Crippen molar-refractivity contribution >= 4 is 12.2 Å². The lowest BCUT2D eigenvalue weighted by atomic mass is 10.4. The average molecular weight is 154 g/mol. The quantitative estimate of drug-likeness (QED) is 0.537. The van der Waals surface area contributed by atoms with Crippen LogP contribution in [0, 0.1) is 22.7 Å². The summed E-state index contributed by atoms with van der Waals surface area (Å²) >= 11 is 0. The average Bonchev–Trinajstić information content (AvgIpc) is 1.80. The molecular weight excluding hydrogens is 143 g/mol. The minimum absolute atomic E-state index is 0.299. The molecule has 0 amide bonds. The third-order valence-electron chi connectivity index (χ3n) is 1.19. The van der Waals surface area contributed by atoms with Crippen molar-refractivity contribution in [2.24, 2.45) is 0 Å². The highest BCUT2D eigenvalue weighted by Crippen LogP contribution is 2.35. The van der Waals surface area contributed by atoms with Gasteiger partial charge in [0, 0.05) is 5.29 Å². The largest absolute Gasteiger partial charge is 0.198 e. The summed E-state index contributed by atoms with van der Waals surface area (Å²) in [6.07, 6.45) is 0.299. The molecule has 0 saturated carbocycles. The molecule has 0 aromatic rings. The molecule has 0 aliphatic heterocycles. The van der Waals surface area contributed by atoms with Crippen molar-refractivity contribution in [3.8, 4) is 12.1 Å². The van der Waals surface area contributed by atoms with Gasteiger partial charge >= 0.3 is 0 Å². The number of hydrogen-bond acceptors (Lipinski definition) is 2. The van der Waals surface area contributed by atoms with Gasteiger partial charge in [-0.25, -0.2) is 0 Å². The minimum atomic E-state index is -1.21. The van der Waals surface area contributed by atoms with E-state index in [-0.39, 0.29) is 0 Å². The first-order valence-electron chi connectivity index (χ1n) is 2.97. The second-order valence-electron chi connectivity index (χ2n) is 2.91. The fourth-order valence-corrected chi connectivity index (χ4v) is 1.35. The van der Waals surface area contributed by atoms with Gasteiger partial charge in [-0.3, -0.25) is 0 Å². The van der Waals surface area contributed by atoms with E-state index in [9.17, 15) is 0 Å². The van der Waals surface area contributed by atoms with E-state index in [1.807, 2.05) is 26.1 Å². The normalized spacial score (nSPS) is 9.70. The Hall–Kier alpha value is -0.720. The molecule has 0 aliphatic rings. The van der Waals surface area contributed by atoms with E-state index in [0.717, 1.165) is 5.29 Å². The van der Waals surface area contributed by atoms with Gasteiger partial charge in [0.15, 0.2) is 0 Å². The van der Waals surface area contributed by atoms with Crippen molar-refractivity contribution in [1.82, 2.24) is 0 Å². The summed E-state index contributed by atoms with van der Waals surface area (Å²) in [6.45, 7) is 4.92.